The molecule has 0 saturated carbocycles. The lowest BCUT2D eigenvalue weighted by atomic mass is 10.1. The lowest BCUT2D eigenvalue weighted by molar-refractivity contribution is -0.132. The van der Waals surface area contributed by atoms with E-state index in [2.05, 4.69) is 26.1 Å². The van der Waals surface area contributed by atoms with Crippen molar-refractivity contribution in [2.75, 3.05) is 45.9 Å². The van der Waals surface area contributed by atoms with Crippen molar-refractivity contribution in [1.82, 2.24) is 15.1 Å². The SMILES string of the molecule is CCOc1cc(Br)c(CC(=O)N2CCN(CC(=O)NC(C)C)CC2)cc1OCC. The third-order valence-electron chi connectivity index (χ3n) is 4.60. The van der Waals surface area contributed by atoms with Crippen molar-refractivity contribution < 1.29 is 19.1 Å². The number of hydrogen-bond donors (Lipinski definition) is 1. The Bertz CT molecular complexity index is 703. The standard InChI is InChI=1S/C21H32BrN3O4/c1-5-28-18-11-16(17(22)13-19(18)29-6-2)12-21(27)25-9-7-24(8-10-25)14-20(26)23-15(3)4/h11,13,15H,5-10,12,14H2,1-4H3,(H,23,26). The number of benzene rings is 1. The van der Waals surface area contributed by atoms with E-state index in [4.69, 9.17) is 9.47 Å². The molecule has 1 aliphatic rings. The second-order valence-electron chi connectivity index (χ2n) is 7.31. The summed E-state index contributed by atoms with van der Waals surface area (Å²) in [4.78, 5) is 28.7. The topological polar surface area (TPSA) is 71.1 Å². The van der Waals surface area contributed by atoms with Crippen molar-refractivity contribution in [1.29, 1.82) is 0 Å². The van der Waals surface area contributed by atoms with Crippen LogP contribution in [0.25, 0.3) is 0 Å². The van der Waals surface area contributed by atoms with E-state index in [0.29, 0.717) is 63.9 Å². The van der Waals surface area contributed by atoms with E-state index in [-0.39, 0.29) is 17.9 Å². The van der Waals surface area contributed by atoms with Gasteiger partial charge in [0, 0.05) is 36.7 Å². The van der Waals surface area contributed by atoms with Gasteiger partial charge in [-0.2, -0.15) is 0 Å². The Morgan fingerprint density at radius 3 is 2.21 bits per heavy atom. The van der Waals surface area contributed by atoms with Crippen molar-refractivity contribution in [2.45, 2.75) is 40.2 Å². The summed E-state index contributed by atoms with van der Waals surface area (Å²) in [6.45, 7) is 11.8. The average molecular weight is 470 g/mol. The van der Waals surface area contributed by atoms with Crippen LogP contribution in [0.4, 0.5) is 0 Å². The number of halogens is 1. The molecule has 1 saturated heterocycles. The predicted molar refractivity (Wildman–Crippen MR) is 116 cm³/mol. The molecule has 0 aliphatic carbocycles. The van der Waals surface area contributed by atoms with E-state index in [0.717, 1.165) is 10.0 Å². The maximum atomic E-state index is 12.8. The normalized spacial score (nSPS) is 14.8. The number of hydrogen-bond acceptors (Lipinski definition) is 5. The van der Waals surface area contributed by atoms with Gasteiger partial charge in [0.15, 0.2) is 11.5 Å². The molecule has 7 nitrogen and oxygen atoms in total. The highest BCUT2D eigenvalue weighted by atomic mass is 79.9. The van der Waals surface area contributed by atoms with Gasteiger partial charge in [-0.15, -0.1) is 0 Å². The fourth-order valence-electron chi connectivity index (χ4n) is 3.25. The molecule has 2 rings (SSSR count). The Morgan fingerprint density at radius 2 is 1.66 bits per heavy atom. The molecule has 8 heteroatoms. The van der Waals surface area contributed by atoms with Gasteiger partial charge >= 0.3 is 0 Å². The molecule has 1 aromatic carbocycles. The molecule has 1 heterocycles. The number of nitrogens with zero attached hydrogens (tertiary/aromatic N) is 2. The summed E-state index contributed by atoms with van der Waals surface area (Å²) in [5.41, 5.74) is 0.876. The van der Waals surface area contributed by atoms with Crippen LogP contribution in [0.3, 0.4) is 0 Å². The Labute approximate surface area is 181 Å². The van der Waals surface area contributed by atoms with Gasteiger partial charge in [0.25, 0.3) is 0 Å². The third kappa shape index (κ3) is 7.19. The molecule has 0 radical (unpaired) electrons. The first-order valence-electron chi connectivity index (χ1n) is 10.2. The number of carbonyl (C=O) groups is 2. The first-order chi connectivity index (χ1) is 13.8. The fourth-order valence-corrected chi connectivity index (χ4v) is 3.71. The van der Waals surface area contributed by atoms with Crippen LogP contribution in [-0.2, 0) is 16.0 Å². The van der Waals surface area contributed by atoms with E-state index in [1.165, 1.54) is 0 Å². The monoisotopic (exact) mass is 469 g/mol. The minimum Gasteiger partial charge on any atom is -0.490 e. The molecule has 162 valence electrons. The molecule has 29 heavy (non-hydrogen) atoms. The summed E-state index contributed by atoms with van der Waals surface area (Å²) in [7, 11) is 0. The Kier molecular flexibility index (Phi) is 9.23. The van der Waals surface area contributed by atoms with Crippen LogP contribution in [0.1, 0.15) is 33.3 Å². The van der Waals surface area contributed by atoms with Crippen LogP contribution in [0, 0.1) is 0 Å². The highest BCUT2D eigenvalue weighted by molar-refractivity contribution is 9.10. The maximum absolute atomic E-state index is 12.8. The van der Waals surface area contributed by atoms with Crippen molar-refractivity contribution in [3.63, 3.8) is 0 Å². The second-order valence-corrected chi connectivity index (χ2v) is 8.17. The summed E-state index contributed by atoms with van der Waals surface area (Å²) in [5, 5.41) is 2.90. The molecular weight excluding hydrogens is 438 g/mol. The maximum Gasteiger partial charge on any atom is 0.234 e. The van der Waals surface area contributed by atoms with Crippen LogP contribution < -0.4 is 14.8 Å². The van der Waals surface area contributed by atoms with E-state index in [1.54, 1.807) is 0 Å². The molecule has 1 N–H and O–H groups in total. The Balaban J connectivity index is 1.94. The fraction of sp³-hybridized carbons (Fsp3) is 0.619. The lowest BCUT2D eigenvalue weighted by Crippen LogP contribution is -2.51. The highest BCUT2D eigenvalue weighted by Gasteiger charge is 2.23. The second kappa shape index (κ2) is 11.4. The number of amides is 2. The molecule has 2 amide bonds. The van der Waals surface area contributed by atoms with Gasteiger partial charge in [0.05, 0.1) is 26.2 Å². The summed E-state index contributed by atoms with van der Waals surface area (Å²) in [5.74, 6) is 1.43. The molecule has 0 aromatic heterocycles. The van der Waals surface area contributed by atoms with Crippen molar-refractivity contribution >= 4 is 27.7 Å². The molecule has 0 bridgehead atoms. The van der Waals surface area contributed by atoms with Gasteiger partial charge < -0.3 is 19.7 Å². The van der Waals surface area contributed by atoms with Crippen LogP contribution in [0.2, 0.25) is 0 Å². The quantitative estimate of drug-likeness (QED) is 0.601. The van der Waals surface area contributed by atoms with Gasteiger partial charge in [-0.1, -0.05) is 15.9 Å². The van der Waals surface area contributed by atoms with Crippen molar-refractivity contribution in [3.8, 4) is 11.5 Å². The number of ether oxygens (including phenoxy) is 2. The number of nitrogens with one attached hydrogen (secondary N) is 1. The van der Waals surface area contributed by atoms with Crippen LogP contribution in [-0.4, -0.2) is 73.6 Å². The predicted octanol–water partition coefficient (Wildman–Crippen LogP) is 2.46. The Hall–Kier alpha value is -1.80. The van der Waals surface area contributed by atoms with Crippen molar-refractivity contribution in [2.24, 2.45) is 0 Å². The van der Waals surface area contributed by atoms with E-state index in [1.807, 2.05) is 44.7 Å². The zero-order valence-corrected chi connectivity index (χ0v) is 19.4. The molecule has 0 atom stereocenters. The molecule has 1 fully saturated rings. The van der Waals surface area contributed by atoms with Gasteiger partial charge in [-0.25, -0.2) is 0 Å². The number of rotatable bonds is 9. The van der Waals surface area contributed by atoms with Crippen LogP contribution in [0.5, 0.6) is 11.5 Å². The molecule has 0 unspecified atom stereocenters. The van der Waals surface area contributed by atoms with E-state index < -0.39 is 0 Å². The smallest absolute Gasteiger partial charge is 0.234 e. The van der Waals surface area contributed by atoms with Gasteiger partial charge in [-0.05, 0) is 45.4 Å². The number of piperazine rings is 1. The minimum absolute atomic E-state index is 0.0292. The molecule has 0 spiro atoms. The van der Waals surface area contributed by atoms with E-state index in [9.17, 15) is 9.59 Å². The zero-order chi connectivity index (χ0) is 21.4. The summed E-state index contributed by atoms with van der Waals surface area (Å²) >= 11 is 3.55. The van der Waals surface area contributed by atoms with Gasteiger partial charge in [0.1, 0.15) is 0 Å². The molecular formula is C21H32BrN3O4. The van der Waals surface area contributed by atoms with Gasteiger partial charge in [-0.3, -0.25) is 14.5 Å². The third-order valence-corrected chi connectivity index (χ3v) is 5.33. The number of carbonyl (C=O) groups excluding carboxylic acids is 2. The van der Waals surface area contributed by atoms with E-state index >= 15 is 0 Å². The molecule has 1 aromatic rings. The summed E-state index contributed by atoms with van der Waals surface area (Å²) in [6.07, 6.45) is 0.293. The van der Waals surface area contributed by atoms with Gasteiger partial charge in [0.2, 0.25) is 11.8 Å². The summed E-state index contributed by atoms with van der Waals surface area (Å²) < 4.78 is 12.1. The molecule has 1 aliphatic heterocycles. The minimum atomic E-state index is 0.0292. The van der Waals surface area contributed by atoms with Crippen LogP contribution >= 0.6 is 15.9 Å². The first-order valence-corrected chi connectivity index (χ1v) is 11.0. The average Bonchev–Trinajstić information content (AvgIpc) is 2.65. The highest BCUT2D eigenvalue weighted by Crippen LogP contribution is 2.34. The lowest BCUT2D eigenvalue weighted by Gasteiger charge is -2.34. The zero-order valence-electron chi connectivity index (χ0n) is 17.8. The Morgan fingerprint density at radius 1 is 1.07 bits per heavy atom. The van der Waals surface area contributed by atoms with Crippen LogP contribution in [0.15, 0.2) is 16.6 Å². The summed E-state index contributed by atoms with van der Waals surface area (Å²) in [6, 6.07) is 3.88. The van der Waals surface area contributed by atoms with Crippen molar-refractivity contribution in [3.05, 3.63) is 22.2 Å². The first kappa shape index (κ1) is 23.5. The largest absolute Gasteiger partial charge is 0.490 e.